The Labute approximate surface area is 93.8 Å². The fourth-order valence-electron chi connectivity index (χ4n) is 2.45. The van der Waals surface area contributed by atoms with Gasteiger partial charge in [-0.2, -0.15) is 0 Å². The topological polar surface area (TPSA) is 21.7 Å². The maximum absolute atomic E-state index is 12.9. The minimum absolute atomic E-state index is 0.129. The molecule has 0 N–H and O–H groups in total. The molecule has 2 unspecified atom stereocenters. The Morgan fingerprint density at radius 3 is 2.88 bits per heavy atom. The van der Waals surface area contributed by atoms with Crippen molar-refractivity contribution >= 4 is 0 Å². The molecule has 2 bridgehead atoms. The van der Waals surface area contributed by atoms with Gasteiger partial charge in [0.1, 0.15) is 5.82 Å². The third kappa shape index (κ3) is 1.54. The Balaban J connectivity index is 1.95. The molecule has 0 spiro atoms. The first-order chi connectivity index (χ1) is 7.68. The number of hydrogen-bond acceptors (Lipinski definition) is 3. The second-order valence-corrected chi connectivity index (χ2v) is 4.51. The van der Waals surface area contributed by atoms with Gasteiger partial charge in [0.15, 0.2) is 0 Å². The summed E-state index contributed by atoms with van der Waals surface area (Å²) in [4.78, 5) is 2.19. The van der Waals surface area contributed by atoms with Gasteiger partial charge in [-0.1, -0.05) is 12.1 Å². The zero-order valence-corrected chi connectivity index (χ0v) is 9.15. The second kappa shape index (κ2) is 3.52. The highest BCUT2D eigenvalue weighted by atomic mass is 19.1. The van der Waals surface area contributed by atoms with Crippen LogP contribution in [-0.2, 0) is 15.3 Å². The average Bonchev–Trinajstić information content (AvgIpc) is 2.56. The molecule has 2 saturated heterocycles. The molecular weight excluding hydrogens is 209 g/mol. The predicted molar refractivity (Wildman–Crippen MR) is 56.4 cm³/mol. The third-order valence-corrected chi connectivity index (χ3v) is 3.14. The number of likely N-dealkylation sites (N-methyl/N-ethyl adjacent to an activating group) is 1. The molecule has 2 aliphatic rings. The van der Waals surface area contributed by atoms with Crippen molar-refractivity contribution in [1.29, 1.82) is 0 Å². The van der Waals surface area contributed by atoms with Crippen molar-refractivity contribution in [3.8, 4) is 0 Å². The minimum Gasteiger partial charge on any atom is -0.342 e. The lowest BCUT2D eigenvalue weighted by atomic mass is 10.0. The summed E-state index contributed by atoms with van der Waals surface area (Å²) in [7, 11) is 2.04. The molecule has 2 atom stereocenters. The molecule has 16 heavy (non-hydrogen) atoms. The number of ether oxygens (including phenoxy) is 2. The minimum atomic E-state index is -0.689. The number of benzene rings is 1. The predicted octanol–water partition coefficient (Wildman–Crippen LogP) is 1.34. The number of hydrogen-bond donors (Lipinski definition) is 0. The lowest BCUT2D eigenvalue weighted by molar-refractivity contribution is -0.209. The van der Waals surface area contributed by atoms with Crippen molar-refractivity contribution in [2.75, 3.05) is 26.7 Å². The highest BCUT2D eigenvalue weighted by Crippen LogP contribution is 2.38. The summed E-state index contributed by atoms with van der Waals surface area (Å²) in [6.07, 6.45) is 0.129. The highest BCUT2D eigenvalue weighted by Gasteiger charge is 2.47. The molecule has 0 aliphatic carbocycles. The molecule has 1 aromatic rings. The molecule has 3 rings (SSSR count). The third-order valence-electron chi connectivity index (χ3n) is 3.14. The first-order valence-corrected chi connectivity index (χ1v) is 5.44. The van der Waals surface area contributed by atoms with Crippen LogP contribution >= 0.6 is 0 Å². The Kier molecular flexibility index (Phi) is 2.24. The molecule has 0 amide bonds. The van der Waals surface area contributed by atoms with Gasteiger partial charge >= 0.3 is 0 Å². The Hall–Kier alpha value is -0.970. The van der Waals surface area contributed by atoms with Crippen LogP contribution in [0.4, 0.5) is 4.39 Å². The van der Waals surface area contributed by atoms with Gasteiger partial charge < -0.3 is 9.47 Å². The normalized spacial score (nSPS) is 34.2. The number of halogens is 1. The molecule has 0 radical (unpaired) electrons. The summed E-state index contributed by atoms with van der Waals surface area (Å²) in [5.74, 6) is -0.926. The van der Waals surface area contributed by atoms with Crippen LogP contribution in [0.15, 0.2) is 24.3 Å². The summed E-state index contributed by atoms with van der Waals surface area (Å²) in [5.41, 5.74) is 0.892. The SMILES string of the molecule is CN1CC2COC(c3ccc(F)cc3)(C1)O2. The van der Waals surface area contributed by atoms with Crippen molar-refractivity contribution in [3.05, 3.63) is 35.6 Å². The van der Waals surface area contributed by atoms with Crippen LogP contribution in [0, 0.1) is 5.82 Å². The average molecular weight is 223 g/mol. The first kappa shape index (κ1) is 10.2. The van der Waals surface area contributed by atoms with Gasteiger partial charge in [-0.15, -0.1) is 0 Å². The second-order valence-electron chi connectivity index (χ2n) is 4.51. The van der Waals surface area contributed by atoms with E-state index in [1.165, 1.54) is 12.1 Å². The van der Waals surface area contributed by atoms with Gasteiger partial charge in [0, 0.05) is 12.1 Å². The largest absolute Gasteiger partial charge is 0.342 e. The number of fused-ring (bicyclic) bond motifs is 2. The first-order valence-electron chi connectivity index (χ1n) is 5.44. The standard InChI is InChI=1S/C12H14FNO2/c1-14-6-11-7-15-12(8-14,16-11)9-2-4-10(13)5-3-9/h2-5,11H,6-8H2,1H3. The van der Waals surface area contributed by atoms with E-state index in [0.717, 1.165) is 12.1 Å². The molecule has 86 valence electrons. The van der Waals surface area contributed by atoms with E-state index in [0.29, 0.717) is 13.2 Å². The van der Waals surface area contributed by atoms with Gasteiger partial charge in [-0.05, 0) is 19.2 Å². The lowest BCUT2D eigenvalue weighted by Gasteiger charge is -2.37. The summed E-state index contributed by atoms with van der Waals surface area (Å²) < 4.78 is 24.5. The van der Waals surface area contributed by atoms with Crippen LogP contribution in [0.1, 0.15) is 5.56 Å². The van der Waals surface area contributed by atoms with Crippen LogP contribution in [-0.4, -0.2) is 37.7 Å². The molecule has 2 fully saturated rings. The van der Waals surface area contributed by atoms with Crippen LogP contribution in [0.2, 0.25) is 0 Å². The number of nitrogens with zero attached hydrogens (tertiary/aromatic N) is 1. The Morgan fingerprint density at radius 2 is 2.12 bits per heavy atom. The lowest BCUT2D eigenvalue weighted by Crippen LogP contribution is -2.47. The summed E-state index contributed by atoms with van der Waals surface area (Å²) in [6, 6.07) is 6.35. The zero-order valence-electron chi connectivity index (χ0n) is 9.15. The molecule has 1 aromatic carbocycles. The van der Waals surface area contributed by atoms with Crippen LogP contribution in [0.25, 0.3) is 0 Å². The number of rotatable bonds is 1. The van der Waals surface area contributed by atoms with E-state index in [1.54, 1.807) is 12.1 Å². The Morgan fingerprint density at radius 1 is 1.38 bits per heavy atom. The van der Waals surface area contributed by atoms with Crippen LogP contribution in [0.3, 0.4) is 0 Å². The monoisotopic (exact) mass is 223 g/mol. The number of morpholine rings is 1. The molecule has 0 aromatic heterocycles. The summed E-state index contributed by atoms with van der Waals surface area (Å²) in [6.45, 7) is 2.19. The van der Waals surface area contributed by atoms with Gasteiger partial charge in [0.2, 0.25) is 5.79 Å². The smallest absolute Gasteiger partial charge is 0.208 e. The van der Waals surface area contributed by atoms with E-state index < -0.39 is 5.79 Å². The van der Waals surface area contributed by atoms with Gasteiger partial charge in [0.25, 0.3) is 0 Å². The van der Waals surface area contributed by atoms with Gasteiger partial charge in [0.05, 0.1) is 19.3 Å². The van der Waals surface area contributed by atoms with E-state index in [4.69, 9.17) is 9.47 Å². The van der Waals surface area contributed by atoms with Crippen molar-refractivity contribution < 1.29 is 13.9 Å². The van der Waals surface area contributed by atoms with Crippen molar-refractivity contribution in [3.63, 3.8) is 0 Å². The molecule has 2 aliphatic heterocycles. The molecule has 4 heteroatoms. The van der Waals surface area contributed by atoms with E-state index in [9.17, 15) is 4.39 Å². The fraction of sp³-hybridized carbons (Fsp3) is 0.500. The van der Waals surface area contributed by atoms with Crippen LogP contribution in [0.5, 0.6) is 0 Å². The highest BCUT2D eigenvalue weighted by molar-refractivity contribution is 5.23. The summed E-state index contributed by atoms with van der Waals surface area (Å²) >= 11 is 0. The van der Waals surface area contributed by atoms with Gasteiger partial charge in [-0.25, -0.2) is 4.39 Å². The zero-order chi connectivity index (χ0) is 11.2. The fourth-order valence-corrected chi connectivity index (χ4v) is 2.45. The van der Waals surface area contributed by atoms with E-state index in [-0.39, 0.29) is 11.9 Å². The van der Waals surface area contributed by atoms with E-state index in [2.05, 4.69) is 4.90 Å². The van der Waals surface area contributed by atoms with Crippen molar-refractivity contribution in [2.45, 2.75) is 11.9 Å². The molecule has 3 nitrogen and oxygen atoms in total. The molecule has 0 saturated carbocycles. The molecule has 2 heterocycles. The molecular formula is C12H14FNO2. The maximum Gasteiger partial charge on any atom is 0.208 e. The summed E-state index contributed by atoms with van der Waals surface area (Å²) in [5, 5.41) is 0. The van der Waals surface area contributed by atoms with Crippen LogP contribution < -0.4 is 0 Å². The Bertz CT molecular complexity index is 395. The van der Waals surface area contributed by atoms with E-state index in [1.807, 2.05) is 7.05 Å². The van der Waals surface area contributed by atoms with E-state index >= 15 is 0 Å². The van der Waals surface area contributed by atoms with Crippen molar-refractivity contribution in [1.82, 2.24) is 4.90 Å². The van der Waals surface area contributed by atoms with Crippen molar-refractivity contribution in [2.24, 2.45) is 0 Å². The maximum atomic E-state index is 12.9. The van der Waals surface area contributed by atoms with Gasteiger partial charge in [-0.3, -0.25) is 4.90 Å². The quantitative estimate of drug-likeness (QED) is 0.717.